The van der Waals surface area contributed by atoms with Crippen LogP contribution in [0, 0.1) is 0 Å². The van der Waals surface area contributed by atoms with Crippen molar-refractivity contribution < 1.29 is 9.53 Å². The van der Waals surface area contributed by atoms with Gasteiger partial charge in [-0.15, -0.1) is 0 Å². The van der Waals surface area contributed by atoms with Crippen LogP contribution < -0.4 is 26.6 Å². The van der Waals surface area contributed by atoms with E-state index in [1.807, 2.05) is 20.8 Å². The first-order chi connectivity index (χ1) is 16.7. The highest BCUT2D eigenvalue weighted by atomic mass is 16.5. The Bertz CT molecular complexity index is 1630. The van der Waals surface area contributed by atoms with Crippen LogP contribution in [0.2, 0.25) is 0 Å². The molecule has 35 heavy (non-hydrogen) atoms. The Labute approximate surface area is 201 Å². The lowest BCUT2D eigenvalue weighted by molar-refractivity contribution is 0.103. The lowest BCUT2D eigenvalue weighted by atomic mass is 9.90. The number of aromatic amines is 3. The first-order valence-corrected chi connectivity index (χ1v) is 11.0. The number of hydrogen-bond donors (Lipinski definition) is 3. The Hall–Kier alpha value is -4.46. The number of methoxy groups -OCH3 is 1. The molecule has 0 atom stereocenters. The zero-order chi connectivity index (χ0) is 25.2. The maximum atomic E-state index is 13.0. The van der Waals surface area contributed by atoms with Crippen LogP contribution in [0.15, 0.2) is 64.4 Å². The number of hydrogen-bond acceptors (Lipinski definition) is 5. The molecule has 4 rings (SSSR count). The molecule has 0 aliphatic rings. The minimum absolute atomic E-state index is 0.0760. The SMILES string of the molecule is COc1ccccc1C(=O)c1cccc(/C=c2\[nH]c(=O)/c(=C/c3nc[nH]c3C(C)(C)C)[nH]c2=O)c1. The fourth-order valence-electron chi connectivity index (χ4n) is 3.77. The van der Waals surface area contributed by atoms with Crippen LogP contribution in [0.4, 0.5) is 0 Å². The number of ketones is 1. The number of carbonyl (C=O) groups is 1. The first kappa shape index (κ1) is 23.7. The van der Waals surface area contributed by atoms with Gasteiger partial charge in [0.25, 0.3) is 11.1 Å². The Morgan fingerprint density at radius 2 is 1.63 bits per heavy atom. The Morgan fingerprint density at radius 3 is 2.31 bits per heavy atom. The van der Waals surface area contributed by atoms with Crippen LogP contribution in [0.5, 0.6) is 5.75 Å². The van der Waals surface area contributed by atoms with Gasteiger partial charge in [0.1, 0.15) is 16.4 Å². The van der Waals surface area contributed by atoms with E-state index in [1.54, 1.807) is 60.9 Å². The molecule has 2 heterocycles. The second-order valence-corrected chi connectivity index (χ2v) is 9.09. The summed E-state index contributed by atoms with van der Waals surface area (Å²) in [5.74, 6) is 0.268. The molecular formula is C27H26N4O4. The summed E-state index contributed by atoms with van der Waals surface area (Å²) in [6.07, 6.45) is 4.63. The van der Waals surface area contributed by atoms with E-state index in [-0.39, 0.29) is 21.9 Å². The molecule has 0 aliphatic heterocycles. The van der Waals surface area contributed by atoms with E-state index in [4.69, 9.17) is 4.74 Å². The number of aromatic nitrogens is 4. The van der Waals surface area contributed by atoms with Crippen LogP contribution in [-0.2, 0) is 5.41 Å². The Morgan fingerprint density at radius 1 is 0.943 bits per heavy atom. The molecule has 3 N–H and O–H groups in total. The van der Waals surface area contributed by atoms with Crippen molar-refractivity contribution in [2.45, 2.75) is 26.2 Å². The lowest BCUT2D eigenvalue weighted by Crippen LogP contribution is -2.46. The molecule has 2 aromatic heterocycles. The van der Waals surface area contributed by atoms with Gasteiger partial charge in [-0.25, -0.2) is 4.98 Å². The lowest BCUT2D eigenvalue weighted by Gasteiger charge is -2.16. The summed E-state index contributed by atoms with van der Waals surface area (Å²) >= 11 is 0. The third-order valence-electron chi connectivity index (χ3n) is 5.50. The predicted molar refractivity (Wildman–Crippen MR) is 134 cm³/mol. The maximum absolute atomic E-state index is 13.0. The van der Waals surface area contributed by atoms with E-state index in [1.165, 1.54) is 13.2 Å². The van der Waals surface area contributed by atoms with E-state index >= 15 is 0 Å². The molecular weight excluding hydrogens is 444 g/mol. The van der Waals surface area contributed by atoms with Crippen LogP contribution in [0.3, 0.4) is 0 Å². The minimum atomic E-state index is -0.467. The van der Waals surface area contributed by atoms with Crippen LogP contribution in [0.1, 0.15) is 53.6 Å². The molecule has 0 amide bonds. The third kappa shape index (κ3) is 5.06. The molecule has 8 nitrogen and oxygen atoms in total. The van der Waals surface area contributed by atoms with E-state index < -0.39 is 11.1 Å². The number of carbonyl (C=O) groups excluding carboxylic acids is 1. The van der Waals surface area contributed by atoms with Gasteiger partial charge in [0.15, 0.2) is 5.78 Å². The fraction of sp³-hybridized carbons (Fsp3) is 0.185. The molecule has 0 fully saturated rings. The summed E-state index contributed by atoms with van der Waals surface area (Å²) in [7, 11) is 1.51. The van der Waals surface area contributed by atoms with Crippen molar-refractivity contribution in [1.82, 2.24) is 19.9 Å². The number of imidazole rings is 1. The van der Waals surface area contributed by atoms with Gasteiger partial charge < -0.3 is 19.7 Å². The van der Waals surface area contributed by atoms with E-state index in [0.717, 1.165) is 5.69 Å². The zero-order valence-electron chi connectivity index (χ0n) is 19.9. The maximum Gasteiger partial charge on any atom is 0.272 e. The normalized spacial score (nSPS) is 12.7. The second kappa shape index (κ2) is 9.42. The van der Waals surface area contributed by atoms with E-state index in [0.29, 0.717) is 28.1 Å². The molecule has 8 heteroatoms. The number of ether oxygens (including phenoxy) is 1. The average Bonchev–Trinajstić information content (AvgIpc) is 3.31. The summed E-state index contributed by atoms with van der Waals surface area (Å²) in [5.41, 5.74) is 1.75. The molecule has 2 aromatic carbocycles. The molecule has 0 saturated heterocycles. The van der Waals surface area contributed by atoms with Crippen molar-refractivity contribution in [3.8, 4) is 5.75 Å². The number of benzene rings is 2. The predicted octanol–water partition coefficient (Wildman–Crippen LogP) is 1.98. The summed E-state index contributed by atoms with van der Waals surface area (Å²) in [6.45, 7) is 6.07. The van der Waals surface area contributed by atoms with Crippen molar-refractivity contribution in [1.29, 1.82) is 0 Å². The van der Waals surface area contributed by atoms with Crippen molar-refractivity contribution in [3.05, 3.63) is 114 Å². The third-order valence-corrected chi connectivity index (χ3v) is 5.50. The second-order valence-electron chi connectivity index (χ2n) is 9.09. The van der Waals surface area contributed by atoms with Gasteiger partial charge in [0.2, 0.25) is 0 Å². The highest BCUT2D eigenvalue weighted by Crippen LogP contribution is 2.23. The Balaban J connectivity index is 1.74. The van der Waals surface area contributed by atoms with Crippen molar-refractivity contribution >= 4 is 17.9 Å². The van der Waals surface area contributed by atoms with Crippen molar-refractivity contribution in [2.75, 3.05) is 7.11 Å². The number of H-pyrrole nitrogens is 3. The van der Waals surface area contributed by atoms with E-state index in [2.05, 4.69) is 19.9 Å². The number of rotatable bonds is 5. The quantitative estimate of drug-likeness (QED) is 0.385. The first-order valence-electron chi connectivity index (χ1n) is 11.0. The highest BCUT2D eigenvalue weighted by molar-refractivity contribution is 6.10. The van der Waals surface area contributed by atoms with Gasteiger partial charge in [-0.2, -0.15) is 0 Å². The summed E-state index contributed by atoms with van der Waals surface area (Å²) in [4.78, 5) is 51.1. The average molecular weight is 471 g/mol. The molecule has 4 aromatic rings. The molecule has 178 valence electrons. The van der Waals surface area contributed by atoms with Crippen molar-refractivity contribution in [2.24, 2.45) is 0 Å². The van der Waals surface area contributed by atoms with Gasteiger partial charge >= 0.3 is 0 Å². The topological polar surface area (TPSA) is 121 Å². The number of para-hydroxylation sites is 1. The van der Waals surface area contributed by atoms with Crippen LogP contribution >= 0.6 is 0 Å². The van der Waals surface area contributed by atoms with E-state index in [9.17, 15) is 14.4 Å². The molecule has 0 aliphatic carbocycles. The number of nitrogens with one attached hydrogen (secondary N) is 3. The standard InChI is InChI=1S/C27H26N4O4/c1-27(2,3)24-19(28-15-29-24)14-21-26(34)30-20(25(33)31-21)13-16-8-7-9-17(12-16)23(32)18-10-5-6-11-22(18)35-4/h5-15H,1-4H3,(H,28,29)(H,30,34)(H,31,33)/b20-13-,21-14-. The molecule has 0 unspecified atom stereocenters. The molecule has 0 spiro atoms. The largest absolute Gasteiger partial charge is 0.496 e. The van der Waals surface area contributed by atoms with Crippen LogP contribution in [-0.4, -0.2) is 32.8 Å². The highest BCUT2D eigenvalue weighted by Gasteiger charge is 2.19. The van der Waals surface area contributed by atoms with Gasteiger partial charge in [0, 0.05) is 16.7 Å². The zero-order valence-corrected chi connectivity index (χ0v) is 19.9. The fourth-order valence-corrected chi connectivity index (χ4v) is 3.77. The Kier molecular flexibility index (Phi) is 6.38. The molecule has 0 bridgehead atoms. The van der Waals surface area contributed by atoms with Gasteiger partial charge in [-0.05, 0) is 35.9 Å². The molecule has 0 radical (unpaired) electrons. The molecule has 0 saturated carbocycles. The smallest absolute Gasteiger partial charge is 0.272 e. The van der Waals surface area contributed by atoms with Gasteiger partial charge in [-0.3, -0.25) is 14.4 Å². The summed E-state index contributed by atoms with van der Waals surface area (Å²) < 4.78 is 5.29. The van der Waals surface area contributed by atoms with Crippen molar-refractivity contribution in [3.63, 3.8) is 0 Å². The summed E-state index contributed by atoms with van der Waals surface area (Å²) in [6, 6.07) is 13.8. The monoisotopic (exact) mass is 470 g/mol. The van der Waals surface area contributed by atoms with Gasteiger partial charge in [0.05, 0.1) is 24.7 Å². The van der Waals surface area contributed by atoms with Crippen LogP contribution in [0.25, 0.3) is 12.2 Å². The minimum Gasteiger partial charge on any atom is -0.496 e. The number of nitrogens with zero attached hydrogens (tertiary/aromatic N) is 1. The summed E-state index contributed by atoms with van der Waals surface area (Å²) in [5, 5.41) is 0.178. The van der Waals surface area contributed by atoms with Gasteiger partial charge in [-0.1, -0.05) is 51.1 Å².